The molecule has 1 N–H and O–H groups in total. The van der Waals surface area contributed by atoms with Gasteiger partial charge in [-0.15, -0.1) is 0 Å². The Hall–Kier alpha value is -1.77. The molecule has 0 spiro atoms. The molecule has 1 heterocycles. The standard InChI is InChI=1S/C11H13NO2.C2H6/c1-4-6-8-7-10(11(13)14-3)12-9(8)5-2;1-2/h4-7,12H,1H2,2-3H3;1-2H3/b8-6-,9-5+;. The van der Waals surface area contributed by atoms with Gasteiger partial charge in [0.2, 0.25) is 0 Å². The van der Waals surface area contributed by atoms with Crippen molar-refractivity contribution in [2.75, 3.05) is 7.11 Å². The highest BCUT2D eigenvalue weighted by atomic mass is 16.5. The van der Waals surface area contributed by atoms with E-state index in [4.69, 9.17) is 0 Å². The largest absolute Gasteiger partial charge is 0.464 e. The van der Waals surface area contributed by atoms with E-state index in [1.807, 2.05) is 32.9 Å². The Morgan fingerprint density at radius 1 is 1.50 bits per heavy atom. The lowest BCUT2D eigenvalue weighted by atomic mass is 10.3. The number of aromatic amines is 1. The van der Waals surface area contributed by atoms with Crippen molar-refractivity contribution < 1.29 is 9.53 Å². The molecule has 0 unspecified atom stereocenters. The minimum Gasteiger partial charge on any atom is -0.464 e. The third kappa shape index (κ3) is 3.42. The van der Waals surface area contributed by atoms with Crippen LogP contribution in [0, 0.1) is 0 Å². The lowest BCUT2D eigenvalue weighted by molar-refractivity contribution is 0.0594. The zero-order valence-corrected chi connectivity index (χ0v) is 10.3. The molecule has 3 nitrogen and oxygen atoms in total. The van der Waals surface area contributed by atoms with Gasteiger partial charge in [0.25, 0.3) is 0 Å². The van der Waals surface area contributed by atoms with Crippen molar-refractivity contribution >= 4 is 18.1 Å². The first-order valence-electron chi connectivity index (χ1n) is 5.29. The van der Waals surface area contributed by atoms with Crippen LogP contribution in [-0.4, -0.2) is 18.1 Å². The van der Waals surface area contributed by atoms with E-state index < -0.39 is 0 Å². The summed E-state index contributed by atoms with van der Waals surface area (Å²) in [6, 6.07) is 1.74. The number of ether oxygens (including phenoxy) is 1. The average molecular weight is 221 g/mol. The Bertz CT molecular complexity index is 455. The van der Waals surface area contributed by atoms with Crippen molar-refractivity contribution in [2.45, 2.75) is 20.8 Å². The van der Waals surface area contributed by atoms with Crippen LogP contribution in [0.4, 0.5) is 0 Å². The predicted octanol–water partition coefficient (Wildman–Crippen LogP) is 1.59. The van der Waals surface area contributed by atoms with E-state index in [0.29, 0.717) is 5.69 Å². The smallest absolute Gasteiger partial charge is 0.354 e. The first-order valence-corrected chi connectivity index (χ1v) is 5.29. The van der Waals surface area contributed by atoms with E-state index in [9.17, 15) is 4.79 Å². The Morgan fingerprint density at radius 2 is 2.12 bits per heavy atom. The second-order valence-corrected chi connectivity index (χ2v) is 2.73. The van der Waals surface area contributed by atoms with E-state index in [0.717, 1.165) is 10.6 Å². The lowest BCUT2D eigenvalue weighted by Gasteiger charge is -1.91. The summed E-state index contributed by atoms with van der Waals surface area (Å²) in [4.78, 5) is 14.1. The molecular formula is C13H19NO2. The zero-order chi connectivity index (χ0) is 12.6. The van der Waals surface area contributed by atoms with E-state index in [1.54, 1.807) is 12.1 Å². The van der Waals surface area contributed by atoms with Crippen molar-refractivity contribution in [3.8, 4) is 0 Å². The van der Waals surface area contributed by atoms with Crippen molar-refractivity contribution in [1.29, 1.82) is 0 Å². The van der Waals surface area contributed by atoms with Crippen molar-refractivity contribution in [1.82, 2.24) is 4.98 Å². The molecule has 1 aromatic heterocycles. The summed E-state index contributed by atoms with van der Waals surface area (Å²) in [5.74, 6) is -0.364. The van der Waals surface area contributed by atoms with Gasteiger partial charge in [0.1, 0.15) is 5.69 Å². The molecule has 16 heavy (non-hydrogen) atoms. The number of methoxy groups -OCH3 is 1. The summed E-state index contributed by atoms with van der Waals surface area (Å²) in [7, 11) is 1.36. The Balaban J connectivity index is 0.00000106. The molecule has 0 aliphatic heterocycles. The molecular weight excluding hydrogens is 202 g/mol. The van der Waals surface area contributed by atoms with Crippen molar-refractivity contribution in [3.05, 3.63) is 35.0 Å². The van der Waals surface area contributed by atoms with Crippen LogP contribution in [-0.2, 0) is 4.74 Å². The van der Waals surface area contributed by atoms with Crippen molar-refractivity contribution in [3.63, 3.8) is 0 Å². The highest BCUT2D eigenvalue weighted by molar-refractivity contribution is 5.87. The molecule has 88 valence electrons. The maximum Gasteiger partial charge on any atom is 0.354 e. The van der Waals surface area contributed by atoms with Crippen LogP contribution < -0.4 is 10.6 Å². The van der Waals surface area contributed by atoms with Gasteiger partial charge in [0.15, 0.2) is 0 Å². The third-order valence-electron chi connectivity index (χ3n) is 1.87. The highest BCUT2D eigenvalue weighted by Crippen LogP contribution is 1.89. The van der Waals surface area contributed by atoms with Gasteiger partial charge in [-0.2, -0.15) is 0 Å². The fraction of sp³-hybridized carbons (Fsp3) is 0.308. The number of allylic oxidation sites excluding steroid dienone is 1. The summed E-state index contributed by atoms with van der Waals surface area (Å²) >= 11 is 0. The quantitative estimate of drug-likeness (QED) is 0.771. The molecule has 0 saturated carbocycles. The number of carbonyl (C=O) groups excluding carboxylic acids is 1. The van der Waals surface area contributed by atoms with Crippen molar-refractivity contribution in [2.24, 2.45) is 0 Å². The Labute approximate surface area is 96.1 Å². The van der Waals surface area contributed by atoms with E-state index >= 15 is 0 Å². The summed E-state index contributed by atoms with van der Waals surface area (Å²) in [6.45, 7) is 9.50. The number of H-pyrrole nitrogens is 1. The van der Waals surface area contributed by atoms with Crippen LogP contribution >= 0.6 is 0 Å². The lowest BCUT2D eigenvalue weighted by Crippen LogP contribution is -2.21. The van der Waals surface area contributed by atoms with Gasteiger partial charge >= 0.3 is 5.97 Å². The van der Waals surface area contributed by atoms with Crippen LogP contribution in [0.2, 0.25) is 0 Å². The molecule has 3 heteroatoms. The molecule has 0 fully saturated rings. The average Bonchev–Trinajstić information content (AvgIpc) is 2.74. The second kappa shape index (κ2) is 7.51. The first-order chi connectivity index (χ1) is 7.72. The maximum absolute atomic E-state index is 11.2. The normalized spacial score (nSPS) is 11.8. The van der Waals surface area contributed by atoms with E-state index in [-0.39, 0.29) is 5.97 Å². The Morgan fingerprint density at radius 3 is 2.56 bits per heavy atom. The number of aromatic nitrogens is 1. The molecule has 0 saturated heterocycles. The zero-order valence-electron chi connectivity index (χ0n) is 10.3. The van der Waals surface area contributed by atoms with E-state index in [2.05, 4.69) is 16.3 Å². The first kappa shape index (κ1) is 14.2. The number of carbonyl (C=O) groups is 1. The van der Waals surface area contributed by atoms with Gasteiger partial charge in [0.05, 0.1) is 7.11 Å². The van der Waals surface area contributed by atoms with Crippen LogP contribution in [0.25, 0.3) is 12.2 Å². The number of hydrogen-bond donors (Lipinski definition) is 1. The topological polar surface area (TPSA) is 42.1 Å². The van der Waals surface area contributed by atoms with Gasteiger partial charge in [-0.25, -0.2) is 4.79 Å². The van der Waals surface area contributed by atoms with Gasteiger partial charge in [-0.1, -0.05) is 38.7 Å². The molecule has 0 bridgehead atoms. The Kier molecular flexibility index (Phi) is 6.68. The van der Waals surface area contributed by atoms with E-state index in [1.165, 1.54) is 7.11 Å². The fourth-order valence-corrected chi connectivity index (χ4v) is 1.21. The molecule has 0 amide bonds. The summed E-state index contributed by atoms with van der Waals surface area (Å²) in [5.41, 5.74) is 0.453. The van der Waals surface area contributed by atoms with Crippen LogP contribution in [0.15, 0.2) is 18.7 Å². The number of rotatable bonds is 2. The summed E-state index contributed by atoms with van der Waals surface area (Å²) < 4.78 is 4.60. The number of hydrogen-bond acceptors (Lipinski definition) is 2. The van der Waals surface area contributed by atoms with Gasteiger partial charge < -0.3 is 9.72 Å². The van der Waals surface area contributed by atoms with Gasteiger partial charge in [-0.05, 0) is 18.2 Å². The number of esters is 1. The van der Waals surface area contributed by atoms with Crippen LogP contribution in [0.3, 0.4) is 0 Å². The van der Waals surface area contributed by atoms with Gasteiger partial charge in [0, 0.05) is 5.35 Å². The van der Waals surface area contributed by atoms with Crippen LogP contribution in [0.5, 0.6) is 0 Å². The summed E-state index contributed by atoms with van der Waals surface area (Å²) in [5, 5.41) is 1.83. The molecule has 0 aromatic carbocycles. The van der Waals surface area contributed by atoms with Gasteiger partial charge in [-0.3, -0.25) is 0 Å². The SMILES string of the molecule is C=C/C=c1/cc(C(=O)OC)[nH]/c1=C/C.CC. The second-order valence-electron chi connectivity index (χ2n) is 2.73. The number of nitrogens with one attached hydrogen (secondary N) is 1. The summed E-state index contributed by atoms with van der Waals surface area (Å²) in [6.07, 6.45) is 5.40. The molecule has 0 radical (unpaired) electrons. The monoisotopic (exact) mass is 221 g/mol. The maximum atomic E-state index is 11.2. The molecule has 0 aliphatic rings. The third-order valence-corrected chi connectivity index (χ3v) is 1.87. The highest BCUT2D eigenvalue weighted by Gasteiger charge is 2.06. The molecule has 0 aliphatic carbocycles. The minimum absolute atomic E-state index is 0.364. The molecule has 1 rings (SSSR count). The fourth-order valence-electron chi connectivity index (χ4n) is 1.21. The minimum atomic E-state index is -0.364. The molecule has 0 atom stereocenters. The van der Waals surface area contributed by atoms with Crippen LogP contribution in [0.1, 0.15) is 31.3 Å². The molecule has 1 aromatic rings. The predicted molar refractivity (Wildman–Crippen MR) is 67.5 cm³/mol.